The van der Waals surface area contributed by atoms with Crippen molar-refractivity contribution in [2.24, 2.45) is 4.99 Å². The lowest BCUT2D eigenvalue weighted by Crippen LogP contribution is -2.53. The van der Waals surface area contributed by atoms with E-state index in [1.807, 2.05) is 6.07 Å². The van der Waals surface area contributed by atoms with E-state index in [1.165, 1.54) is 17.8 Å². The zero-order valence-corrected chi connectivity index (χ0v) is 18.5. The Morgan fingerprint density at radius 1 is 1.28 bits per heavy atom. The molecule has 0 unspecified atom stereocenters. The third kappa shape index (κ3) is 4.47. The van der Waals surface area contributed by atoms with E-state index in [0.29, 0.717) is 6.04 Å². The number of aryl methyl sites for hydroxylation is 1. The van der Waals surface area contributed by atoms with Crippen molar-refractivity contribution in [3.8, 4) is 0 Å². The number of rotatable bonds is 6. The number of methoxy groups -OCH3 is 1. The molecule has 0 spiro atoms. The molecule has 1 aromatic heterocycles. The average molecular weight is 414 g/mol. The Morgan fingerprint density at radius 3 is 2.97 bits per heavy atom. The molecule has 29 heavy (non-hydrogen) atoms. The Kier molecular flexibility index (Phi) is 6.47. The van der Waals surface area contributed by atoms with Crippen LogP contribution in [0.25, 0.3) is 0 Å². The number of nitrogens with zero attached hydrogens (tertiary/aromatic N) is 4. The van der Waals surface area contributed by atoms with E-state index in [9.17, 15) is 0 Å². The number of hydrogen-bond donors (Lipinski definition) is 1. The molecular formula is C22H31N5OS. The highest BCUT2D eigenvalue weighted by Gasteiger charge is 2.31. The molecular weight excluding hydrogens is 382 g/mol. The van der Waals surface area contributed by atoms with Crippen molar-refractivity contribution in [3.63, 3.8) is 0 Å². The highest BCUT2D eigenvalue weighted by atomic mass is 32.1. The van der Waals surface area contributed by atoms with E-state index in [0.717, 1.165) is 67.0 Å². The number of unbranched alkanes of at least 4 members (excludes halogenated alkanes) is 1. The maximum Gasteiger partial charge on any atom is 0.158 e. The zero-order chi connectivity index (χ0) is 20.2. The van der Waals surface area contributed by atoms with Crippen molar-refractivity contribution in [2.45, 2.75) is 38.6 Å². The molecule has 2 aliphatic rings. The van der Waals surface area contributed by atoms with Gasteiger partial charge >= 0.3 is 0 Å². The SMILES string of the molecule is CCCCc1nc2c(s1)Nc1ccccc1N=C2N1CCN(C)[C@@H](CCOC)C1. The van der Waals surface area contributed by atoms with E-state index in [4.69, 9.17) is 14.7 Å². The molecule has 3 heterocycles. The monoisotopic (exact) mass is 413 g/mol. The summed E-state index contributed by atoms with van der Waals surface area (Å²) in [4.78, 5) is 15.0. The normalized spacial score (nSPS) is 19.2. The van der Waals surface area contributed by atoms with Crippen molar-refractivity contribution in [2.75, 3.05) is 45.7 Å². The lowest BCUT2D eigenvalue weighted by Gasteiger charge is -2.40. The summed E-state index contributed by atoms with van der Waals surface area (Å²) in [6.07, 6.45) is 4.41. The molecule has 1 aromatic carbocycles. The van der Waals surface area contributed by atoms with Gasteiger partial charge in [-0.1, -0.05) is 25.5 Å². The van der Waals surface area contributed by atoms with Crippen LogP contribution in [0.1, 0.15) is 36.9 Å². The summed E-state index contributed by atoms with van der Waals surface area (Å²) < 4.78 is 5.34. The summed E-state index contributed by atoms with van der Waals surface area (Å²) in [5.41, 5.74) is 3.04. The van der Waals surface area contributed by atoms with Crippen molar-refractivity contribution in [3.05, 3.63) is 35.0 Å². The van der Waals surface area contributed by atoms with Crippen LogP contribution in [-0.4, -0.2) is 67.1 Å². The first-order valence-corrected chi connectivity index (χ1v) is 11.4. The number of piperazine rings is 1. The van der Waals surface area contributed by atoms with Gasteiger partial charge in [-0.3, -0.25) is 4.90 Å². The number of anilines is 2. The second-order valence-electron chi connectivity index (χ2n) is 7.83. The topological polar surface area (TPSA) is 53.0 Å². The van der Waals surface area contributed by atoms with E-state index >= 15 is 0 Å². The standard InChI is InChI=1S/C22H31N5OS/c1-4-5-10-19-25-20-21(27-13-12-26(2)16(15-27)11-14-28-3)23-17-8-6-7-9-18(17)24-22(20)29-19/h6-9,16,24H,4-5,10-15H2,1-3H3/t16-/m0/s1. The van der Waals surface area contributed by atoms with Crippen LogP contribution < -0.4 is 5.32 Å². The van der Waals surface area contributed by atoms with Gasteiger partial charge in [0.15, 0.2) is 5.84 Å². The molecule has 1 fully saturated rings. The Balaban J connectivity index is 1.68. The summed E-state index contributed by atoms with van der Waals surface area (Å²) in [7, 11) is 3.98. The first-order valence-electron chi connectivity index (χ1n) is 10.6. The third-order valence-corrected chi connectivity index (χ3v) is 6.77. The van der Waals surface area contributed by atoms with Crippen molar-refractivity contribution in [1.82, 2.24) is 14.8 Å². The molecule has 156 valence electrons. The first kappa shape index (κ1) is 20.3. The van der Waals surface area contributed by atoms with E-state index in [1.54, 1.807) is 18.4 Å². The smallest absolute Gasteiger partial charge is 0.158 e. The molecule has 2 aliphatic heterocycles. The minimum absolute atomic E-state index is 0.458. The van der Waals surface area contributed by atoms with Crippen LogP contribution >= 0.6 is 11.3 Å². The number of likely N-dealkylation sites (N-methyl/N-ethyl adjacent to an activating group) is 1. The second kappa shape index (κ2) is 9.24. The molecule has 2 aromatic rings. The number of fused-ring (bicyclic) bond motifs is 2. The number of ether oxygens (including phenoxy) is 1. The molecule has 1 atom stereocenters. The van der Waals surface area contributed by atoms with Gasteiger partial charge < -0.3 is 15.0 Å². The number of nitrogens with one attached hydrogen (secondary N) is 1. The first-order chi connectivity index (χ1) is 14.2. The maximum atomic E-state index is 5.34. The van der Waals surface area contributed by atoms with Gasteiger partial charge in [-0.15, -0.1) is 11.3 Å². The van der Waals surface area contributed by atoms with Gasteiger partial charge in [0.1, 0.15) is 10.7 Å². The number of aliphatic imine (C=N–C) groups is 1. The number of aromatic nitrogens is 1. The van der Waals surface area contributed by atoms with Crippen molar-refractivity contribution < 1.29 is 4.74 Å². The van der Waals surface area contributed by atoms with Crippen LogP contribution in [0.15, 0.2) is 29.3 Å². The summed E-state index contributed by atoms with van der Waals surface area (Å²) in [6, 6.07) is 8.74. The predicted molar refractivity (Wildman–Crippen MR) is 121 cm³/mol. The second-order valence-corrected chi connectivity index (χ2v) is 8.91. The summed E-state index contributed by atoms with van der Waals surface area (Å²) in [5.74, 6) is 1.01. The van der Waals surface area contributed by atoms with Crippen LogP contribution in [0.3, 0.4) is 0 Å². The highest BCUT2D eigenvalue weighted by molar-refractivity contribution is 7.16. The van der Waals surface area contributed by atoms with E-state index < -0.39 is 0 Å². The third-order valence-electron chi connectivity index (χ3n) is 5.74. The molecule has 6 nitrogen and oxygen atoms in total. The molecule has 0 bridgehead atoms. The van der Waals surface area contributed by atoms with Gasteiger partial charge in [-0.05, 0) is 38.4 Å². The molecule has 0 radical (unpaired) electrons. The summed E-state index contributed by atoms with van der Waals surface area (Å²) in [5, 5.41) is 5.92. The lowest BCUT2D eigenvalue weighted by atomic mass is 10.1. The number of para-hydroxylation sites is 2. The molecule has 1 saturated heterocycles. The molecule has 0 saturated carbocycles. The van der Waals surface area contributed by atoms with Gasteiger partial charge in [0, 0.05) is 39.4 Å². The predicted octanol–water partition coefficient (Wildman–Crippen LogP) is 4.27. The minimum Gasteiger partial charge on any atom is -0.385 e. The van der Waals surface area contributed by atoms with E-state index in [2.05, 4.69) is 47.3 Å². The molecule has 7 heteroatoms. The quantitative estimate of drug-likeness (QED) is 0.766. The Hall–Kier alpha value is -1.96. The average Bonchev–Trinajstić information content (AvgIpc) is 3.06. The Morgan fingerprint density at radius 2 is 2.14 bits per heavy atom. The number of benzene rings is 1. The van der Waals surface area contributed by atoms with Gasteiger partial charge in [-0.25, -0.2) is 9.98 Å². The fourth-order valence-electron chi connectivity index (χ4n) is 3.93. The molecule has 1 N–H and O–H groups in total. The lowest BCUT2D eigenvalue weighted by molar-refractivity contribution is 0.100. The van der Waals surface area contributed by atoms with Crippen LogP contribution in [0.4, 0.5) is 16.4 Å². The molecule has 0 amide bonds. The van der Waals surface area contributed by atoms with Crippen molar-refractivity contribution in [1.29, 1.82) is 0 Å². The van der Waals surface area contributed by atoms with Gasteiger partial charge in [0.05, 0.1) is 16.4 Å². The zero-order valence-electron chi connectivity index (χ0n) is 17.6. The maximum absolute atomic E-state index is 5.34. The van der Waals surface area contributed by atoms with Crippen LogP contribution in [0, 0.1) is 0 Å². The van der Waals surface area contributed by atoms with E-state index in [-0.39, 0.29) is 0 Å². The van der Waals surface area contributed by atoms with Crippen LogP contribution in [0.2, 0.25) is 0 Å². The van der Waals surface area contributed by atoms with Crippen LogP contribution in [-0.2, 0) is 11.2 Å². The van der Waals surface area contributed by atoms with Gasteiger partial charge in [0.25, 0.3) is 0 Å². The summed E-state index contributed by atoms with van der Waals surface area (Å²) >= 11 is 1.78. The molecule has 4 rings (SSSR count). The fraction of sp³-hybridized carbons (Fsp3) is 0.545. The number of amidine groups is 1. The minimum atomic E-state index is 0.458. The number of hydrogen-bond acceptors (Lipinski definition) is 7. The van der Waals surface area contributed by atoms with Gasteiger partial charge in [-0.2, -0.15) is 0 Å². The van der Waals surface area contributed by atoms with Gasteiger partial charge in [0.2, 0.25) is 0 Å². The fourth-order valence-corrected chi connectivity index (χ4v) is 4.94. The Labute approximate surface area is 177 Å². The number of thiazole rings is 1. The van der Waals surface area contributed by atoms with Crippen molar-refractivity contribution >= 4 is 33.5 Å². The highest BCUT2D eigenvalue weighted by Crippen LogP contribution is 2.38. The largest absolute Gasteiger partial charge is 0.385 e. The Bertz CT molecular complexity index is 865. The summed E-state index contributed by atoms with van der Waals surface area (Å²) in [6.45, 7) is 5.93. The van der Waals surface area contributed by atoms with Crippen LogP contribution in [0.5, 0.6) is 0 Å². The molecule has 0 aliphatic carbocycles.